The predicted octanol–water partition coefficient (Wildman–Crippen LogP) is -2.08. The standard InChI is InChI=1S/C10H18N6O3/c11-7-8(14-10(12)15-9(7)18)16(13)6-2-1-5(19-6)3-4-17/h5-6,17H,1-4,11,13H2,(H3,12,14,15,18)/p+1/t5-,6+/m0/s1. The van der Waals surface area contributed by atoms with E-state index in [2.05, 4.69) is 9.97 Å². The molecule has 0 aliphatic carbocycles. The average molecular weight is 271 g/mol. The molecule has 9 N–H and O–H groups in total. The number of H-pyrrole nitrogens is 2. The van der Waals surface area contributed by atoms with Crippen LogP contribution in [0.4, 0.5) is 17.5 Å². The van der Waals surface area contributed by atoms with Gasteiger partial charge in [-0.15, -0.1) is 0 Å². The number of aliphatic hydroxyl groups excluding tert-OH is 1. The van der Waals surface area contributed by atoms with Gasteiger partial charge in [0, 0.05) is 13.0 Å². The summed E-state index contributed by atoms with van der Waals surface area (Å²) in [5.74, 6) is 6.21. The molecule has 19 heavy (non-hydrogen) atoms. The highest BCUT2D eigenvalue weighted by Gasteiger charge is 2.33. The van der Waals surface area contributed by atoms with Crippen LogP contribution in [0.25, 0.3) is 0 Å². The number of aliphatic hydroxyl groups is 1. The van der Waals surface area contributed by atoms with E-state index in [4.69, 9.17) is 27.2 Å². The third-order valence-electron chi connectivity index (χ3n) is 3.11. The second kappa shape index (κ2) is 5.43. The third-order valence-corrected chi connectivity index (χ3v) is 3.11. The Labute approximate surface area is 109 Å². The Bertz CT molecular complexity index is 505. The molecular formula is C10H19N6O3+. The molecule has 106 valence electrons. The Balaban J connectivity index is 2.17. The second-order valence-electron chi connectivity index (χ2n) is 4.46. The maximum Gasteiger partial charge on any atom is 0.321 e. The Hall–Kier alpha value is -1.84. The molecule has 0 saturated carbocycles. The molecule has 0 radical (unpaired) electrons. The first-order chi connectivity index (χ1) is 9.02. The lowest BCUT2D eigenvalue weighted by Gasteiger charge is -2.22. The van der Waals surface area contributed by atoms with Crippen molar-refractivity contribution in [3.63, 3.8) is 0 Å². The van der Waals surface area contributed by atoms with E-state index >= 15 is 0 Å². The number of rotatable bonds is 4. The van der Waals surface area contributed by atoms with Crippen LogP contribution < -0.4 is 32.9 Å². The van der Waals surface area contributed by atoms with E-state index in [1.54, 1.807) is 0 Å². The summed E-state index contributed by atoms with van der Waals surface area (Å²) in [6.45, 7) is 0.0637. The molecule has 1 aliphatic heterocycles. The Morgan fingerprint density at radius 3 is 2.89 bits per heavy atom. The maximum atomic E-state index is 11.5. The number of nitrogen functional groups attached to an aromatic ring is 2. The van der Waals surface area contributed by atoms with E-state index in [1.807, 2.05) is 0 Å². The number of aromatic nitrogens is 2. The van der Waals surface area contributed by atoms with Crippen LogP contribution >= 0.6 is 0 Å². The zero-order valence-electron chi connectivity index (χ0n) is 10.4. The fourth-order valence-electron chi connectivity index (χ4n) is 2.12. The van der Waals surface area contributed by atoms with Crippen LogP contribution in [0.2, 0.25) is 0 Å². The zero-order chi connectivity index (χ0) is 14.0. The van der Waals surface area contributed by atoms with E-state index in [0.29, 0.717) is 12.8 Å². The monoisotopic (exact) mass is 271 g/mol. The van der Waals surface area contributed by atoms with Gasteiger partial charge in [0.25, 0.3) is 0 Å². The Morgan fingerprint density at radius 2 is 2.21 bits per heavy atom. The highest BCUT2D eigenvalue weighted by atomic mass is 16.5. The zero-order valence-corrected chi connectivity index (χ0v) is 10.4. The van der Waals surface area contributed by atoms with Crippen LogP contribution in [0.15, 0.2) is 4.79 Å². The summed E-state index contributed by atoms with van der Waals surface area (Å²) < 4.78 is 5.67. The van der Waals surface area contributed by atoms with Crippen molar-refractivity contribution in [1.29, 1.82) is 0 Å². The minimum atomic E-state index is -0.508. The lowest BCUT2D eigenvalue weighted by atomic mass is 10.2. The molecular weight excluding hydrogens is 252 g/mol. The lowest BCUT2D eigenvalue weighted by molar-refractivity contribution is -0.351. The third kappa shape index (κ3) is 2.78. The highest BCUT2D eigenvalue weighted by Crippen LogP contribution is 2.26. The number of anilines is 3. The first-order valence-electron chi connectivity index (χ1n) is 6.03. The van der Waals surface area contributed by atoms with E-state index in [0.717, 1.165) is 6.42 Å². The number of ether oxygens (including phenoxy) is 1. The number of hydrogen-bond donors (Lipinski definition) is 5. The molecule has 1 fully saturated rings. The van der Waals surface area contributed by atoms with Gasteiger partial charge in [0.05, 0.1) is 6.10 Å². The predicted molar refractivity (Wildman–Crippen MR) is 68.7 cm³/mol. The van der Waals surface area contributed by atoms with Gasteiger partial charge in [-0.1, -0.05) is 0 Å². The first-order valence-corrected chi connectivity index (χ1v) is 6.03. The number of hydrazine groups is 1. The van der Waals surface area contributed by atoms with Crippen molar-refractivity contribution in [2.45, 2.75) is 31.6 Å². The molecule has 1 aromatic heterocycles. The van der Waals surface area contributed by atoms with Gasteiger partial charge in [0.1, 0.15) is 0 Å². The minimum Gasteiger partial charge on any atom is -0.396 e. The summed E-state index contributed by atoms with van der Waals surface area (Å²) >= 11 is 0. The van der Waals surface area contributed by atoms with Crippen LogP contribution in [0.3, 0.4) is 0 Å². The molecule has 0 unspecified atom stereocenters. The number of hydrogen-bond acceptors (Lipinski definition) is 7. The molecule has 9 heteroatoms. The second-order valence-corrected chi connectivity index (χ2v) is 4.46. The van der Waals surface area contributed by atoms with Crippen molar-refractivity contribution < 1.29 is 14.8 Å². The number of aromatic amines is 2. The largest absolute Gasteiger partial charge is 0.396 e. The Morgan fingerprint density at radius 1 is 1.47 bits per heavy atom. The minimum absolute atomic E-state index is 0.0402. The van der Waals surface area contributed by atoms with Crippen molar-refractivity contribution in [2.24, 2.45) is 5.84 Å². The maximum absolute atomic E-state index is 11.5. The summed E-state index contributed by atoms with van der Waals surface area (Å²) in [5, 5.41) is 10.1. The van der Waals surface area contributed by atoms with Crippen molar-refractivity contribution in [2.75, 3.05) is 23.1 Å². The van der Waals surface area contributed by atoms with Crippen LogP contribution in [0, 0.1) is 0 Å². The van der Waals surface area contributed by atoms with Crippen molar-refractivity contribution in [1.82, 2.24) is 4.98 Å². The lowest BCUT2D eigenvalue weighted by Crippen LogP contribution is -2.46. The highest BCUT2D eigenvalue weighted by molar-refractivity contribution is 5.57. The van der Waals surface area contributed by atoms with Crippen LogP contribution in [-0.2, 0) is 4.74 Å². The number of nitrogens with zero attached hydrogens (tertiary/aromatic N) is 1. The van der Waals surface area contributed by atoms with Gasteiger partial charge in [-0.3, -0.25) is 4.79 Å². The molecule has 2 rings (SSSR count). The van der Waals surface area contributed by atoms with Crippen LogP contribution in [0.1, 0.15) is 19.3 Å². The van der Waals surface area contributed by atoms with Crippen molar-refractivity contribution in [3.8, 4) is 0 Å². The van der Waals surface area contributed by atoms with Crippen molar-refractivity contribution in [3.05, 3.63) is 10.4 Å². The van der Waals surface area contributed by atoms with Gasteiger partial charge in [0.2, 0.25) is 5.82 Å². The molecule has 0 amide bonds. The fraction of sp³-hybridized carbons (Fsp3) is 0.600. The molecule has 2 atom stereocenters. The molecule has 9 nitrogen and oxygen atoms in total. The molecule has 0 aromatic carbocycles. The quantitative estimate of drug-likeness (QED) is 0.310. The van der Waals surface area contributed by atoms with Gasteiger partial charge < -0.3 is 21.3 Å². The summed E-state index contributed by atoms with van der Waals surface area (Å²) in [7, 11) is 0. The topological polar surface area (TPSA) is 158 Å². The van der Waals surface area contributed by atoms with E-state index in [-0.39, 0.29) is 30.2 Å². The number of nitrogens with one attached hydrogen (secondary N) is 2. The molecule has 0 spiro atoms. The SMILES string of the molecule is Nc1[nH]c(=O)c(N)c(N(N)[C@H]2CC[C@@H](CCO)O2)[nH+]1. The number of nitrogens with two attached hydrogens (primary N) is 3. The van der Waals surface area contributed by atoms with Gasteiger partial charge >= 0.3 is 11.5 Å². The van der Waals surface area contributed by atoms with E-state index in [1.165, 1.54) is 5.01 Å². The Kier molecular flexibility index (Phi) is 3.88. The van der Waals surface area contributed by atoms with Gasteiger partial charge in [-0.2, -0.15) is 0 Å². The summed E-state index contributed by atoms with van der Waals surface area (Å²) in [6, 6.07) is 0. The van der Waals surface area contributed by atoms with Crippen LogP contribution in [0.5, 0.6) is 0 Å². The van der Waals surface area contributed by atoms with Gasteiger partial charge in [-0.25, -0.2) is 20.8 Å². The fourth-order valence-corrected chi connectivity index (χ4v) is 2.12. The van der Waals surface area contributed by atoms with E-state index < -0.39 is 11.8 Å². The molecule has 1 aliphatic rings. The summed E-state index contributed by atoms with van der Waals surface area (Å²) in [5.41, 5.74) is 10.6. The van der Waals surface area contributed by atoms with Gasteiger partial charge in [-0.05, 0) is 12.8 Å². The van der Waals surface area contributed by atoms with Crippen molar-refractivity contribution >= 4 is 17.5 Å². The van der Waals surface area contributed by atoms with Crippen LogP contribution in [-0.4, -0.2) is 29.0 Å². The molecule has 0 bridgehead atoms. The summed E-state index contributed by atoms with van der Waals surface area (Å²) in [4.78, 5) is 16.6. The smallest absolute Gasteiger partial charge is 0.321 e. The van der Waals surface area contributed by atoms with Gasteiger partial charge in [0.15, 0.2) is 11.9 Å². The normalized spacial score (nSPS) is 22.6. The van der Waals surface area contributed by atoms with E-state index in [9.17, 15) is 4.79 Å². The average Bonchev–Trinajstić information content (AvgIpc) is 2.82. The summed E-state index contributed by atoms with van der Waals surface area (Å²) in [6.07, 6.45) is 1.58. The molecule has 2 heterocycles. The first kappa shape index (κ1) is 13.6. The molecule has 1 saturated heterocycles. The molecule has 1 aromatic rings.